The minimum atomic E-state index is -3.69. The molecule has 1 aliphatic heterocycles. The van der Waals surface area contributed by atoms with E-state index in [1.165, 1.54) is 10.4 Å². The fourth-order valence-electron chi connectivity index (χ4n) is 6.16. The third kappa shape index (κ3) is 5.85. The van der Waals surface area contributed by atoms with Crippen LogP contribution in [0.2, 0.25) is 5.04 Å². The zero-order chi connectivity index (χ0) is 27.9. The van der Waals surface area contributed by atoms with E-state index in [1.54, 1.807) is 4.90 Å². The number of piperidine rings is 1. The molecule has 7 nitrogen and oxygen atoms in total. The molecule has 4 rings (SSSR count). The lowest BCUT2D eigenvalue weighted by atomic mass is 9.97. The molecule has 2 aliphatic rings. The zero-order valence-electron chi connectivity index (χ0n) is 23.5. The van der Waals surface area contributed by atoms with Crippen molar-refractivity contribution in [2.75, 3.05) is 12.9 Å². The van der Waals surface area contributed by atoms with Crippen LogP contribution in [0.3, 0.4) is 0 Å². The van der Waals surface area contributed by atoms with Crippen LogP contribution in [-0.2, 0) is 23.5 Å². The monoisotopic (exact) mass is 559 g/mol. The summed E-state index contributed by atoms with van der Waals surface area (Å²) in [5.41, 5.74) is -0.661. The quantitative estimate of drug-likeness (QED) is 0.372. The molecule has 2 aromatic rings. The summed E-state index contributed by atoms with van der Waals surface area (Å²) in [6.07, 6.45) is 1.84. The molecular formula is C29H41NO6SSi. The maximum absolute atomic E-state index is 13.2. The second-order valence-corrected chi connectivity index (χ2v) is 18.4. The third-order valence-corrected chi connectivity index (χ3v) is 13.2. The predicted octanol–water partition coefficient (Wildman–Crippen LogP) is 4.31. The van der Waals surface area contributed by atoms with Gasteiger partial charge >= 0.3 is 6.09 Å². The second-order valence-electron chi connectivity index (χ2n) is 12.6. The number of rotatable bonds is 7. The van der Waals surface area contributed by atoms with Crippen molar-refractivity contribution in [2.45, 2.75) is 83.2 Å². The first-order chi connectivity index (χ1) is 17.6. The van der Waals surface area contributed by atoms with Gasteiger partial charge in [0.25, 0.3) is 18.4 Å². The number of nitrogens with zero attached hydrogens (tertiary/aromatic N) is 1. The summed E-state index contributed by atoms with van der Waals surface area (Å²) >= 11 is 0. The first kappa shape index (κ1) is 28.8. The summed E-state index contributed by atoms with van der Waals surface area (Å²) in [6, 6.07) is 20.4. The van der Waals surface area contributed by atoms with Crippen molar-refractivity contribution in [3.63, 3.8) is 0 Å². The molecule has 1 aliphatic carbocycles. The Bertz CT molecular complexity index is 1180. The van der Waals surface area contributed by atoms with Crippen molar-refractivity contribution in [2.24, 2.45) is 5.92 Å². The molecule has 208 valence electrons. The Morgan fingerprint density at radius 2 is 1.45 bits per heavy atom. The summed E-state index contributed by atoms with van der Waals surface area (Å²) in [5, 5.41) is 2.19. The van der Waals surface area contributed by atoms with Crippen molar-refractivity contribution in [1.29, 1.82) is 0 Å². The number of likely N-dealkylation sites (tertiary alicyclic amines) is 1. The molecule has 0 aromatic heterocycles. The molecule has 1 saturated heterocycles. The Morgan fingerprint density at radius 1 is 0.921 bits per heavy atom. The van der Waals surface area contributed by atoms with Gasteiger partial charge < -0.3 is 9.16 Å². The number of carbonyl (C=O) groups is 1. The maximum atomic E-state index is 13.2. The van der Waals surface area contributed by atoms with Crippen LogP contribution in [-0.4, -0.2) is 64.4 Å². The van der Waals surface area contributed by atoms with Gasteiger partial charge in [-0.2, -0.15) is 8.42 Å². The van der Waals surface area contributed by atoms with Gasteiger partial charge in [0.05, 0.1) is 25.0 Å². The molecule has 1 heterocycles. The van der Waals surface area contributed by atoms with Gasteiger partial charge in [-0.05, 0) is 49.0 Å². The zero-order valence-corrected chi connectivity index (χ0v) is 25.3. The number of carbonyl (C=O) groups excluding carboxylic acids is 1. The standard InChI is InChI=1S/C29H41NO6SSi/c1-28(2,3)35-27(31)30-21-18-24(25(30)20-34-37(7,32)33)26(19-21)36-38(29(4,5)6,22-14-10-8-11-15-22)23-16-12-9-13-17-23/h8-17,21,24-26H,18-20H2,1-7H3/t21-,24-,25+,26+/m0/s1. The molecule has 1 amide bonds. The van der Waals surface area contributed by atoms with Gasteiger partial charge in [-0.25, -0.2) is 4.79 Å². The number of ether oxygens (including phenoxy) is 1. The lowest BCUT2D eigenvalue weighted by molar-refractivity contribution is -0.0163. The maximum Gasteiger partial charge on any atom is 0.410 e. The average molecular weight is 560 g/mol. The van der Waals surface area contributed by atoms with E-state index in [9.17, 15) is 13.2 Å². The summed E-state index contributed by atoms with van der Waals surface area (Å²) in [5.74, 6) is -0.0732. The van der Waals surface area contributed by atoms with E-state index >= 15 is 0 Å². The molecular weight excluding hydrogens is 518 g/mol. The van der Waals surface area contributed by atoms with Crippen LogP contribution in [0, 0.1) is 5.92 Å². The van der Waals surface area contributed by atoms with E-state index in [2.05, 4.69) is 69.3 Å². The highest BCUT2D eigenvalue weighted by molar-refractivity contribution is 7.85. The number of hydrogen-bond donors (Lipinski definition) is 0. The smallest absolute Gasteiger partial charge is 0.410 e. The van der Waals surface area contributed by atoms with Gasteiger partial charge in [-0.3, -0.25) is 9.08 Å². The number of fused-ring (bicyclic) bond motifs is 2. The average Bonchev–Trinajstić information content (AvgIpc) is 3.38. The summed E-state index contributed by atoms with van der Waals surface area (Å²) in [7, 11) is -6.51. The van der Waals surface area contributed by atoms with Crippen LogP contribution >= 0.6 is 0 Å². The first-order valence-corrected chi connectivity index (χ1v) is 17.0. The third-order valence-electron chi connectivity index (χ3n) is 7.57. The SMILES string of the molecule is CC(C)(C)OC(=O)N1[C@H]2C[C@@H]([C@H]1COS(C)(=O)=O)[C@H](O[Si](c1ccccc1)(c1ccccc1)C(C)(C)C)C2. The Kier molecular flexibility index (Phi) is 7.89. The fraction of sp³-hybridized carbons (Fsp3) is 0.552. The highest BCUT2D eigenvalue weighted by atomic mass is 32.2. The first-order valence-electron chi connectivity index (χ1n) is 13.3. The van der Waals surface area contributed by atoms with Gasteiger partial charge in [0.15, 0.2) is 0 Å². The van der Waals surface area contributed by atoms with E-state index in [1.807, 2.05) is 32.9 Å². The van der Waals surface area contributed by atoms with Gasteiger partial charge in [0, 0.05) is 12.0 Å². The predicted molar refractivity (Wildman–Crippen MR) is 152 cm³/mol. The van der Waals surface area contributed by atoms with Gasteiger partial charge in [0.2, 0.25) is 0 Å². The Balaban J connectivity index is 1.73. The van der Waals surface area contributed by atoms with E-state index in [0.717, 1.165) is 12.7 Å². The van der Waals surface area contributed by atoms with Gasteiger partial charge in [-0.1, -0.05) is 81.4 Å². The fourth-order valence-corrected chi connectivity index (χ4v) is 11.3. The van der Waals surface area contributed by atoms with Crippen LogP contribution in [0.5, 0.6) is 0 Å². The molecule has 1 saturated carbocycles. The molecule has 2 bridgehead atoms. The molecule has 0 radical (unpaired) electrons. The molecule has 0 spiro atoms. The van der Waals surface area contributed by atoms with Crippen molar-refractivity contribution >= 4 is 34.9 Å². The summed E-state index contributed by atoms with van der Waals surface area (Å²) < 4.78 is 42.3. The molecule has 0 unspecified atom stereocenters. The van der Waals surface area contributed by atoms with Crippen LogP contribution in [0.25, 0.3) is 0 Å². The second kappa shape index (κ2) is 10.4. The van der Waals surface area contributed by atoms with Crippen LogP contribution in [0.15, 0.2) is 60.7 Å². The normalized spacial score (nSPS) is 24.0. The van der Waals surface area contributed by atoms with Crippen LogP contribution in [0.4, 0.5) is 4.79 Å². The molecule has 2 aromatic carbocycles. The van der Waals surface area contributed by atoms with Crippen molar-refractivity contribution in [3.8, 4) is 0 Å². The Morgan fingerprint density at radius 3 is 1.89 bits per heavy atom. The number of amides is 1. The van der Waals surface area contributed by atoms with E-state index in [0.29, 0.717) is 6.42 Å². The van der Waals surface area contributed by atoms with E-state index in [-0.39, 0.29) is 29.7 Å². The summed E-state index contributed by atoms with van der Waals surface area (Å²) in [6.45, 7) is 12.1. The van der Waals surface area contributed by atoms with Crippen LogP contribution < -0.4 is 10.4 Å². The van der Waals surface area contributed by atoms with Crippen molar-refractivity contribution < 1.29 is 26.6 Å². The Hall–Kier alpha value is -2.20. The van der Waals surface area contributed by atoms with Crippen LogP contribution in [0.1, 0.15) is 54.4 Å². The lowest BCUT2D eigenvalue weighted by Crippen LogP contribution is -2.68. The van der Waals surface area contributed by atoms with E-state index in [4.69, 9.17) is 13.3 Å². The minimum absolute atomic E-state index is 0.0732. The topological polar surface area (TPSA) is 82.1 Å². The lowest BCUT2D eigenvalue weighted by Gasteiger charge is -2.48. The highest BCUT2D eigenvalue weighted by Gasteiger charge is 2.59. The van der Waals surface area contributed by atoms with Crippen molar-refractivity contribution in [1.82, 2.24) is 4.90 Å². The van der Waals surface area contributed by atoms with E-state index < -0.39 is 36.2 Å². The molecule has 4 atom stereocenters. The summed E-state index contributed by atoms with van der Waals surface area (Å²) in [4.78, 5) is 14.9. The van der Waals surface area contributed by atoms with Gasteiger partial charge in [0.1, 0.15) is 5.60 Å². The number of benzene rings is 2. The highest BCUT2D eigenvalue weighted by Crippen LogP contribution is 2.48. The Labute approximate surface area is 228 Å². The minimum Gasteiger partial charge on any atom is -0.444 e. The molecule has 38 heavy (non-hydrogen) atoms. The molecule has 2 fully saturated rings. The molecule has 9 heteroatoms. The molecule has 0 N–H and O–H groups in total. The largest absolute Gasteiger partial charge is 0.444 e. The van der Waals surface area contributed by atoms with Crippen molar-refractivity contribution in [3.05, 3.63) is 60.7 Å². The van der Waals surface area contributed by atoms with Gasteiger partial charge in [-0.15, -0.1) is 0 Å². The number of hydrogen-bond acceptors (Lipinski definition) is 6.